The van der Waals surface area contributed by atoms with Crippen LogP contribution in [0, 0.1) is 5.82 Å². The first kappa shape index (κ1) is 15.8. The third-order valence-electron chi connectivity index (χ3n) is 3.88. The van der Waals surface area contributed by atoms with E-state index < -0.39 is 0 Å². The first-order chi connectivity index (χ1) is 12.6. The maximum atomic E-state index is 13.5. The Kier molecular flexibility index (Phi) is 3.81. The van der Waals surface area contributed by atoms with Crippen molar-refractivity contribution in [3.05, 3.63) is 89.1 Å². The lowest BCUT2D eigenvalue weighted by atomic mass is 10.2. The van der Waals surface area contributed by atoms with Gasteiger partial charge in [-0.15, -0.1) is 0 Å². The zero-order valence-electron chi connectivity index (χ0n) is 13.6. The second-order valence-corrected chi connectivity index (χ2v) is 5.68. The predicted molar refractivity (Wildman–Crippen MR) is 96.8 cm³/mol. The number of rotatable bonds is 3. The SMILES string of the molecule is Nc1cccc(-n2nccc2-c2nn(-c3cccc(F)c3)ccc2=O)c1. The number of anilines is 1. The van der Waals surface area contributed by atoms with Crippen molar-refractivity contribution in [2.75, 3.05) is 5.73 Å². The van der Waals surface area contributed by atoms with Crippen LogP contribution in [-0.4, -0.2) is 19.6 Å². The van der Waals surface area contributed by atoms with Gasteiger partial charge in [-0.3, -0.25) is 4.79 Å². The largest absolute Gasteiger partial charge is 0.399 e. The second-order valence-electron chi connectivity index (χ2n) is 5.68. The molecule has 2 N–H and O–H groups in total. The molecule has 7 heteroatoms. The molecule has 4 rings (SSSR count). The molecule has 0 aliphatic heterocycles. The summed E-state index contributed by atoms with van der Waals surface area (Å²) in [5.41, 5.74) is 8.12. The van der Waals surface area contributed by atoms with Crippen LogP contribution in [0.3, 0.4) is 0 Å². The molecule has 2 heterocycles. The number of nitrogens with zero attached hydrogens (tertiary/aromatic N) is 4. The Balaban J connectivity index is 1.86. The van der Waals surface area contributed by atoms with Gasteiger partial charge >= 0.3 is 0 Å². The highest BCUT2D eigenvalue weighted by Gasteiger charge is 2.14. The van der Waals surface area contributed by atoms with E-state index in [0.717, 1.165) is 0 Å². The molecule has 0 bridgehead atoms. The Morgan fingerprint density at radius 3 is 2.58 bits per heavy atom. The molecule has 0 saturated heterocycles. The van der Waals surface area contributed by atoms with Gasteiger partial charge in [0.2, 0.25) is 5.43 Å². The molecular weight excluding hydrogens is 333 g/mol. The van der Waals surface area contributed by atoms with Gasteiger partial charge in [0.05, 0.1) is 23.3 Å². The molecule has 0 atom stereocenters. The topological polar surface area (TPSA) is 78.7 Å². The predicted octanol–water partition coefficient (Wildman–Crippen LogP) is 2.81. The molecule has 2 aromatic heterocycles. The van der Waals surface area contributed by atoms with Gasteiger partial charge in [0.1, 0.15) is 5.82 Å². The highest BCUT2D eigenvalue weighted by Crippen LogP contribution is 2.20. The molecule has 0 unspecified atom stereocenters. The summed E-state index contributed by atoms with van der Waals surface area (Å²) in [6, 6.07) is 16.2. The molecule has 4 aromatic rings. The molecule has 0 amide bonds. The number of nitrogen functional groups attached to an aromatic ring is 1. The van der Waals surface area contributed by atoms with Gasteiger partial charge in [0, 0.05) is 18.0 Å². The van der Waals surface area contributed by atoms with E-state index >= 15 is 0 Å². The molecule has 0 saturated carbocycles. The van der Waals surface area contributed by atoms with Crippen molar-refractivity contribution >= 4 is 5.69 Å². The summed E-state index contributed by atoms with van der Waals surface area (Å²) < 4.78 is 16.5. The Hall–Kier alpha value is -3.74. The molecule has 6 nitrogen and oxygen atoms in total. The minimum absolute atomic E-state index is 0.205. The lowest BCUT2D eigenvalue weighted by Crippen LogP contribution is -2.15. The van der Waals surface area contributed by atoms with Gasteiger partial charge in [-0.25, -0.2) is 13.8 Å². The van der Waals surface area contributed by atoms with E-state index in [2.05, 4.69) is 10.2 Å². The number of aromatic nitrogens is 4. The fraction of sp³-hybridized carbons (Fsp3) is 0. The van der Waals surface area contributed by atoms with Gasteiger partial charge in [-0.05, 0) is 42.5 Å². The van der Waals surface area contributed by atoms with Crippen molar-refractivity contribution in [2.45, 2.75) is 0 Å². The molecule has 0 aliphatic rings. The Bertz CT molecular complexity index is 1150. The van der Waals surface area contributed by atoms with Crippen LogP contribution in [0.4, 0.5) is 10.1 Å². The normalized spacial score (nSPS) is 10.8. The molecule has 26 heavy (non-hydrogen) atoms. The van der Waals surface area contributed by atoms with Gasteiger partial charge in [-0.2, -0.15) is 10.2 Å². The first-order valence-corrected chi connectivity index (χ1v) is 7.88. The lowest BCUT2D eigenvalue weighted by Gasteiger charge is -2.10. The summed E-state index contributed by atoms with van der Waals surface area (Å²) in [5, 5.41) is 8.65. The Morgan fingerprint density at radius 1 is 0.962 bits per heavy atom. The van der Waals surface area contributed by atoms with Crippen LogP contribution >= 0.6 is 0 Å². The molecule has 0 spiro atoms. The molecule has 0 aliphatic carbocycles. The van der Waals surface area contributed by atoms with Gasteiger partial charge in [0.25, 0.3) is 0 Å². The zero-order chi connectivity index (χ0) is 18.1. The Morgan fingerprint density at radius 2 is 1.77 bits per heavy atom. The second kappa shape index (κ2) is 6.29. The van der Waals surface area contributed by atoms with E-state index in [9.17, 15) is 9.18 Å². The first-order valence-electron chi connectivity index (χ1n) is 7.88. The van der Waals surface area contributed by atoms with Crippen LogP contribution in [0.1, 0.15) is 0 Å². The van der Waals surface area contributed by atoms with E-state index in [-0.39, 0.29) is 16.9 Å². The van der Waals surface area contributed by atoms with Gasteiger partial charge < -0.3 is 5.73 Å². The van der Waals surface area contributed by atoms with Crippen LogP contribution < -0.4 is 11.2 Å². The minimum atomic E-state index is -0.380. The van der Waals surface area contributed by atoms with Gasteiger partial charge in [-0.1, -0.05) is 12.1 Å². The van der Waals surface area contributed by atoms with Crippen molar-refractivity contribution in [2.24, 2.45) is 0 Å². The summed E-state index contributed by atoms with van der Waals surface area (Å²) in [6.07, 6.45) is 3.08. The quantitative estimate of drug-likeness (QED) is 0.578. The summed E-state index contributed by atoms with van der Waals surface area (Å²) in [5.74, 6) is -0.380. The van der Waals surface area contributed by atoms with Crippen LogP contribution in [0.15, 0.2) is 77.9 Å². The zero-order valence-corrected chi connectivity index (χ0v) is 13.6. The molecule has 2 aromatic carbocycles. The van der Waals surface area contributed by atoms with E-state index in [0.29, 0.717) is 22.8 Å². The fourth-order valence-corrected chi connectivity index (χ4v) is 2.69. The fourth-order valence-electron chi connectivity index (χ4n) is 2.69. The van der Waals surface area contributed by atoms with E-state index in [1.165, 1.54) is 29.1 Å². The molecule has 0 fully saturated rings. The standard InChI is InChI=1S/C19H14FN5O/c20-13-3-1-5-15(11-13)24-10-8-18(26)19(23-24)17-7-9-22-25(17)16-6-2-4-14(21)12-16/h1-12H,21H2. The Labute approximate surface area is 147 Å². The van der Waals surface area contributed by atoms with Crippen molar-refractivity contribution < 1.29 is 4.39 Å². The van der Waals surface area contributed by atoms with E-state index in [1.807, 2.05) is 6.07 Å². The monoisotopic (exact) mass is 347 g/mol. The van der Waals surface area contributed by atoms with Crippen molar-refractivity contribution in [1.29, 1.82) is 0 Å². The summed E-state index contributed by atoms with van der Waals surface area (Å²) in [4.78, 5) is 12.4. The summed E-state index contributed by atoms with van der Waals surface area (Å²) in [6.45, 7) is 0. The van der Waals surface area contributed by atoms with E-state index in [1.54, 1.807) is 47.3 Å². The van der Waals surface area contributed by atoms with Crippen LogP contribution in [0.2, 0.25) is 0 Å². The third-order valence-corrected chi connectivity index (χ3v) is 3.88. The molecule has 128 valence electrons. The number of benzene rings is 2. The van der Waals surface area contributed by atoms with Crippen LogP contribution in [0.25, 0.3) is 22.8 Å². The molecule has 0 radical (unpaired) electrons. The number of halogens is 1. The number of nitrogens with two attached hydrogens (primary N) is 1. The van der Waals surface area contributed by atoms with Crippen LogP contribution in [0.5, 0.6) is 0 Å². The number of hydrogen-bond donors (Lipinski definition) is 1. The minimum Gasteiger partial charge on any atom is -0.399 e. The third kappa shape index (κ3) is 2.86. The van der Waals surface area contributed by atoms with Crippen LogP contribution in [-0.2, 0) is 0 Å². The number of hydrogen-bond acceptors (Lipinski definition) is 4. The van der Waals surface area contributed by atoms with Crippen molar-refractivity contribution in [3.8, 4) is 22.8 Å². The maximum absolute atomic E-state index is 13.5. The highest BCUT2D eigenvalue weighted by atomic mass is 19.1. The van der Waals surface area contributed by atoms with Gasteiger partial charge in [0.15, 0.2) is 5.69 Å². The lowest BCUT2D eigenvalue weighted by molar-refractivity contribution is 0.625. The smallest absolute Gasteiger partial charge is 0.209 e. The maximum Gasteiger partial charge on any atom is 0.209 e. The van der Waals surface area contributed by atoms with Crippen molar-refractivity contribution in [3.63, 3.8) is 0 Å². The average Bonchev–Trinajstić information content (AvgIpc) is 3.12. The summed E-state index contributed by atoms with van der Waals surface area (Å²) in [7, 11) is 0. The van der Waals surface area contributed by atoms with Crippen molar-refractivity contribution in [1.82, 2.24) is 19.6 Å². The summed E-state index contributed by atoms with van der Waals surface area (Å²) >= 11 is 0. The highest BCUT2D eigenvalue weighted by molar-refractivity contribution is 5.59. The average molecular weight is 347 g/mol. The molecular formula is C19H14FN5O. The van der Waals surface area contributed by atoms with E-state index in [4.69, 9.17) is 5.73 Å².